The number of H-pyrrole nitrogens is 1. The minimum atomic E-state index is -0.383. The van der Waals surface area contributed by atoms with Gasteiger partial charge in [0.25, 0.3) is 5.91 Å². The molecule has 0 aliphatic heterocycles. The van der Waals surface area contributed by atoms with Crippen molar-refractivity contribution in [3.05, 3.63) is 65.4 Å². The van der Waals surface area contributed by atoms with Crippen LogP contribution in [-0.2, 0) is 4.74 Å². The van der Waals surface area contributed by atoms with E-state index < -0.39 is 0 Å². The quantitative estimate of drug-likeness (QED) is 0.451. The van der Waals surface area contributed by atoms with Crippen LogP contribution in [0, 0.1) is 6.92 Å². The second kappa shape index (κ2) is 18.1. The van der Waals surface area contributed by atoms with E-state index in [9.17, 15) is 9.59 Å². The van der Waals surface area contributed by atoms with E-state index in [1.807, 2.05) is 58.9 Å². The summed E-state index contributed by atoms with van der Waals surface area (Å²) in [6.07, 6.45) is 9.51. The maximum absolute atomic E-state index is 11.6. The summed E-state index contributed by atoms with van der Waals surface area (Å²) in [5.41, 5.74) is 1.04. The van der Waals surface area contributed by atoms with E-state index in [1.54, 1.807) is 32.2 Å². The minimum absolute atomic E-state index is 0.246. The molecule has 2 aromatic heterocycles. The van der Waals surface area contributed by atoms with Crippen molar-refractivity contribution in [2.75, 3.05) is 14.2 Å². The van der Waals surface area contributed by atoms with Gasteiger partial charge in [0, 0.05) is 12.7 Å². The molecule has 1 amide bonds. The van der Waals surface area contributed by atoms with Gasteiger partial charge >= 0.3 is 5.97 Å². The molecule has 30 heavy (non-hydrogen) atoms. The summed E-state index contributed by atoms with van der Waals surface area (Å²) >= 11 is 1.26. The average molecular weight is 434 g/mol. The van der Waals surface area contributed by atoms with Crippen molar-refractivity contribution in [1.29, 1.82) is 0 Å². The number of carbonyl (C=O) groups is 2. The van der Waals surface area contributed by atoms with Gasteiger partial charge in [-0.15, -0.1) is 11.3 Å². The Morgan fingerprint density at radius 2 is 1.80 bits per heavy atom. The van der Waals surface area contributed by atoms with Crippen LogP contribution >= 0.6 is 11.3 Å². The van der Waals surface area contributed by atoms with Gasteiger partial charge in [0.05, 0.1) is 12.0 Å². The Morgan fingerprint density at radius 1 is 1.17 bits per heavy atom. The molecule has 0 unspecified atom stereocenters. The van der Waals surface area contributed by atoms with E-state index in [-0.39, 0.29) is 11.9 Å². The number of imidazole rings is 1. The molecule has 0 spiro atoms. The van der Waals surface area contributed by atoms with Crippen LogP contribution in [0.25, 0.3) is 10.7 Å². The molecule has 0 aromatic carbocycles. The molecule has 2 heterocycles. The Hall–Kier alpha value is -2.93. The number of amides is 1. The van der Waals surface area contributed by atoms with E-state index in [2.05, 4.69) is 26.6 Å². The lowest BCUT2D eigenvalue weighted by Gasteiger charge is -1.93. The standard InChI is InChI=1S/C12H13N3O3S.C7H10.2C2H6/c1-6-9(11(16)13-2)15-10(14-6)7-4-5-8(19-7)12(17)18-3;1-3-5-7-6-4-2;2*1-2/h4-5H,1-3H3,(H,13,16)(H,14,15);3-7H,1H2,2H3;2*1-2H3/b;6-4-,7-5-;;. The summed E-state index contributed by atoms with van der Waals surface area (Å²) < 4.78 is 4.65. The molecule has 0 saturated heterocycles. The summed E-state index contributed by atoms with van der Waals surface area (Å²) in [5.74, 6) is -0.0629. The first kappa shape index (κ1) is 29.3. The van der Waals surface area contributed by atoms with Crippen LogP contribution < -0.4 is 5.32 Å². The van der Waals surface area contributed by atoms with Crippen LogP contribution in [0.2, 0.25) is 0 Å². The number of hydrogen-bond donors (Lipinski definition) is 2. The number of aromatic amines is 1. The molecule has 0 aliphatic carbocycles. The highest BCUT2D eigenvalue weighted by Crippen LogP contribution is 2.27. The summed E-state index contributed by atoms with van der Waals surface area (Å²) in [6.45, 7) is 15.3. The van der Waals surface area contributed by atoms with Gasteiger partial charge in [0.1, 0.15) is 16.4 Å². The molecule has 0 aliphatic rings. The number of rotatable bonds is 5. The molecule has 6 nitrogen and oxygen atoms in total. The molecule has 2 aromatic rings. The van der Waals surface area contributed by atoms with Crippen molar-refractivity contribution in [3.8, 4) is 10.7 Å². The molecular weight excluding hydrogens is 398 g/mol. The highest BCUT2D eigenvalue weighted by molar-refractivity contribution is 7.17. The van der Waals surface area contributed by atoms with Crippen molar-refractivity contribution >= 4 is 23.2 Å². The first-order chi connectivity index (χ1) is 14.5. The Kier molecular flexibility index (Phi) is 17.7. The number of aromatic nitrogens is 2. The van der Waals surface area contributed by atoms with Gasteiger partial charge in [-0.2, -0.15) is 0 Å². The topological polar surface area (TPSA) is 84.1 Å². The van der Waals surface area contributed by atoms with Crippen LogP contribution in [-0.4, -0.2) is 36.0 Å². The SMILES string of the molecule is C=C/C=C\C=C/C.CC.CC.CNC(=O)c1nc(-c2ccc(C(=O)OC)s2)[nH]c1C. The monoisotopic (exact) mass is 433 g/mol. The average Bonchev–Trinajstić information content (AvgIpc) is 3.43. The largest absolute Gasteiger partial charge is 0.465 e. The van der Waals surface area contributed by atoms with Gasteiger partial charge in [0.15, 0.2) is 0 Å². The smallest absolute Gasteiger partial charge is 0.348 e. The van der Waals surface area contributed by atoms with Crippen molar-refractivity contribution in [3.63, 3.8) is 0 Å². The van der Waals surface area contributed by atoms with E-state index in [0.29, 0.717) is 22.1 Å². The summed E-state index contributed by atoms with van der Waals surface area (Å²) in [5, 5.41) is 2.53. The van der Waals surface area contributed by atoms with Gasteiger partial charge in [-0.1, -0.05) is 64.7 Å². The lowest BCUT2D eigenvalue weighted by Crippen LogP contribution is -2.19. The first-order valence-electron chi connectivity index (χ1n) is 9.86. The van der Waals surface area contributed by atoms with Gasteiger partial charge in [-0.05, 0) is 26.0 Å². The zero-order chi connectivity index (χ0) is 23.5. The number of nitrogens with zero attached hydrogens (tertiary/aromatic N) is 1. The van der Waals surface area contributed by atoms with Crippen molar-refractivity contribution in [2.45, 2.75) is 41.5 Å². The number of carbonyl (C=O) groups excluding carboxylic acids is 2. The predicted molar refractivity (Wildman–Crippen MR) is 128 cm³/mol. The summed E-state index contributed by atoms with van der Waals surface area (Å²) in [6, 6.07) is 3.44. The number of esters is 1. The zero-order valence-electron chi connectivity index (χ0n) is 19.3. The highest BCUT2D eigenvalue weighted by atomic mass is 32.1. The molecule has 0 bridgehead atoms. The molecule has 0 saturated carbocycles. The first-order valence-corrected chi connectivity index (χ1v) is 10.7. The fourth-order valence-electron chi connectivity index (χ4n) is 1.85. The van der Waals surface area contributed by atoms with E-state index in [0.717, 1.165) is 4.88 Å². The van der Waals surface area contributed by atoms with Crippen molar-refractivity contribution < 1.29 is 14.3 Å². The lowest BCUT2D eigenvalue weighted by atomic mass is 10.3. The summed E-state index contributed by atoms with van der Waals surface area (Å²) in [7, 11) is 2.89. The fourth-order valence-corrected chi connectivity index (χ4v) is 2.71. The number of allylic oxidation sites excluding steroid dienone is 5. The Morgan fingerprint density at radius 3 is 2.30 bits per heavy atom. The number of thiophene rings is 1. The van der Waals surface area contributed by atoms with E-state index in [4.69, 9.17) is 0 Å². The molecule has 166 valence electrons. The normalized spacial score (nSPS) is 9.47. The molecule has 2 rings (SSSR count). The van der Waals surface area contributed by atoms with Gasteiger partial charge in [-0.3, -0.25) is 4.79 Å². The molecule has 2 N–H and O–H groups in total. The van der Waals surface area contributed by atoms with Crippen LogP contribution in [0.3, 0.4) is 0 Å². The fraction of sp³-hybridized carbons (Fsp3) is 0.348. The Labute approximate surface area is 184 Å². The summed E-state index contributed by atoms with van der Waals surface area (Å²) in [4.78, 5) is 31.5. The van der Waals surface area contributed by atoms with Crippen LogP contribution in [0.5, 0.6) is 0 Å². The number of ether oxygens (including phenoxy) is 1. The number of methoxy groups -OCH3 is 1. The maximum Gasteiger partial charge on any atom is 0.348 e. The number of aryl methyl sites for hydroxylation is 1. The second-order valence-corrected chi connectivity index (χ2v) is 6.02. The second-order valence-electron chi connectivity index (χ2n) is 4.94. The number of nitrogens with one attached hydrogen (secondary N) is 2. The third kappa shape index (κ3) is 10.0. The highest BCUT2D eigenvalue weighted by Gasteiger charge is 2.17. The van der Waals surface area contributed by atoms with Crippen molar-refractivity contribution in [2.24, 2.45) is 0 Å². The van der Waals surface area contributed by atoms with Crippen molar-refractivity contribution in [1.82, 2.24) is 15.3 Å². The Balaban J connectivity index is 0. The molecule has 0 radical (unpaired) electrons. The molecular formula is C23H35N3O3S. The van der Waals surface area contributed by atoms with Gasteiger partial charge in [-0.25, -0.2) is 9.78 Å². The van der Waals surface area contributed by atoms with Crippen LogP contribution in [0.1, 0.15) is 60.5 Å². The maximum atomic E-state index is 11.6. The molecule has 0 atom stereocenters. The zero-order valence-corrected chi connectivity index (χ0v) is 20.1. The van der Waals surface area contributed by atoms with Crippen LogP contribution in [0.15, 0.2) is 49.1 Å². The third-order valence-electron chi connectivity index (χ3n) is 3.10. The molecule has 7 heteroatoms. The van der Waals surface area contributed by atoms with Gasteiger partial charge < -0.3 is 15.0 Å². The lowest BCUT2D eigenvalue weighted by molar-refractivity contribution is 0.0606. The Bertz CT molecular complexity index is 818. The number of hydrogen-bond acceptors (Lipinski definition) is 5. The minimum Gasteiger partial charge on any atom is -0.465 e. The molecule has 0 fully saturated rings. The third-order valence-corrected chi connectivity index (χ3v) is 4.18. The van der Waals surface area contributed by atoms with E-state index >= 15 is 0 Å². The van der Waals surface area contributed by atoms with Gasteiger partial charge in [0.2, 0.25) is 0 Å². The van der Waals surface area contributed by atoms with E-state index in [1.165, 1.54) is 18.4 Å². The predicted octanol–water partition coefficient (Wildman–Crippen LogP) is 5.95. The van der Waals surface area contributed by atoms with Crippen LogP contribution in [0.4, 0.5) is 0 Å².